The van der Waals surface area contributed by atoms with E-state index in [-0.39, 0.29) is 11.8 Å². The molecule has 0 spiro atoms. The monoisotopic (exact) mass is 339 g/mol. The molecule has 25 heavy (non-hydrogen) atoms. The first kappa shape index (κ1) is 16.2. The van der Waals surface area contributed by atoms with Crippen LogP contribution in [0.4, 0.5) is 0 Å². The molecule has 2 amide bonds. The molecule has 0 bridgehead atoms. The Kier molecular flexibility index (Phi) is 3.82. The van der Waals surface area contributed by atoms with Crippen molar-refractivity contribution in [2.75, 3.05) is 19.6 Å². The van der Waals surface area contributed by atoms with Crippen LogP contribution < -0.4 is 5.32 Å². The highest BCUT2D eigenvalue weighted by atomic mass is 16.2. The molecule has 0 radical (unpaired) electrons. The molecule has 3 heterocycles. The maximum atomic E-state index is 12.8. The number of carbonyl (C=O) groups is 2. The molecule has 5 heteroatoms. The fourth-order valence-electron chi connectivity index (χ4n) is 4.28. The Bertz CT molecular complexity index is 833. The summed E-state index contributed by atoms with van der Waals surface area (Å²) in [5, 5.41) is 4.08. The summed E-state index contributed by atoms with van der Waals surface area (Å²) in [6.07, 6.45) is 4.62. The third-order valence-corrected chi connectivity index (χ3v) is 5.97. The minimum absolute atomic E-state index is 0.00417. The molecule has 0 aliphatic carbocycles. The van der Waals surface area contributed by atoms with Crippen molar-refractivity contribution in [3.63, 3.8) is 0 Å². The zero-order valence-electron chi connectivity index (χ0n) is 14.9. The number of likely N-dealkylation sites (tertiary alicyclic amines) is 1. The van der Waals surface area contributed by atoms with Gasteiger partial charge in [-0.3, -0.25) is 9.59 Å². The Morgan fingerprint density at radius 1 is 1.28 bits per heavy atom. The van der Waals surface area contributed by atoms with Gasteiger partial charge in [0.2, 0.25) is 11.8 Å². The van der Waals surface area contributed by atoms with Crippen molar-refractivity contribution in [2.45, 2.75) is 39.0 Å². The summed E-state index contributed by atoms with van der Waals surface area (Å²) in [6, 6.07) is 6.52. The van der Waals surface area contributed by atoms with Crippen molar-refractivity contribution in [1.29, 1.82) is 0 Å². The van der Waals surface area contributed by atoms with Crippen molar-refractivity contribution in [3.8, 4) is 0 Å². The second-order valence-corrected chi connectivity index (χ2v) is 7.70. The van der Waals surface area contributed by atoms with Gasteiger partial charge in [0.05, 0.1) is 0 Å². The number of H-pyrrole nitrogens is 1. The molecule has 0 saturated carbocycles. The number of hydrogen-bond donors (Lipinski definition) is 2. The molecule has 1 aromatic heterocycles. The van der Waals surface area contributed by atoms with Gasteiger partial charge in [-0.1, -0.05) is 12.1 Å². The molecule has 2 aliphatic rings. The molecule has 1 aromatic carbocycles. The maximum absolute atomic E-state index is 12.8. The van der Waals surface area contributed by atoms with Crippen LogP contribution >= 0.6 is 0 Å². The Morgan fingerprint density at radius 3 is 2.72 bits per heavy atom. The Labute approximate surface area is 147 Å². The van der Waals surface area contributed by atoms with Gasteiger partial charge in [-0.2, -0.15) is 0 Å². The van der Waals surface area contributed by atoms with E-state index >= 15 is 0 Å². The predicted molar refractivity (Wildman–Crippen MR) is 97.3 cm³/mol. The predicted octanol–water partition coefficient (Wildman–Crippen LogP) is 2.71. The molecular weight excluding hydrogens is 314 g/mol. The lowest BCUT2D eigenvalue weighted by atomic mass is 9.84. The number of hydrogen-bond acceptors (Lipinski definition) is 2. The summed E-state index contributed by atoms with van der Waals surface area (Å²) in [5.74, 6) is 0.341. The van der Waals surface area contributed by atoms with Crippen molar-refractivity contribution in [1.82, 2.24) is 15.2 Å². The number of benzene rings is 1. The number of piperidine rings is 1. The summed E-state index contributed by atoms with van der Waals surface area (Å²) >= 11 is 0. The highest BCUT2D eigenvalue weighted by Crippen LogP contribution is 2.36. The zero-order valence-corrected chi connectivity index (χ0v) is 14.9. The molecule has 132 valence electrons. The second kappa shape index (κ2) is 5.90. The number of carbonyl (C=O) groups excluding carboxylic acids is 2. The number of aryl methyl sites for hydroxylation is 1. The van der Waals surface area contributed by atoms with Crippen LogP contribution in [0.1, 0.15) is 43.2 Å². The third kappa shape index (κ3) is 2.62. The van der Waals surface area contributed by atoms with Gasteiger partial charge in [0.25, 0.3) is 0 Å². The summed E-state index contributed by atoms with van der Waals surface area (Å²) in [5.41, 5.74) is 2.92. The molecule has 2 aliphatic heterocycles. The number of rotatable bonds is 2. The molecule has 1 unspecified atom stereocenters. The number of nitrogens with zero attached hydrogens (tertiary/aromatic N) is 1. The number of amides is 2. The van der Waals surface area contributed by atoms with Crippen LogP contribution in [0.5, 0.6) is 0 Å². The normalized spacial score (nSPS) is 24.7. The molecular formula is C20H25N3O2. The minimum Gasteiger partial charge on any atom is -0.361 e. The largest absolute Gasteiger partial charge is 0.361 e. The van der Waals surface area contributed by atoms with Crippen molar-refractivity contribution in [2.24, 2.45) is 5.41 Å². The van der Waals surface area contributed by atoms with Gasteiger partial charge in [0.1, 0.15) is 5.41 Å². The molecule has 5 nitrogen and oxygen atoms in total. The highest BCUT2D eigenvalue weighted by molar-refractivity contribution is 6.06. The van der Waals surface area contributed by atoms with Crippen LogP contribution in [0, 0.1) is 12.3 Å². The zero-order chi connectivity index (χ0) is 17.6. The fourth-order valence-corrected chi connectivity index (χ4v) is 4.28. The van der Waals surface area contributed by atoms with Crippen molar-refractivity contribution < 1.29 is 9.59 Å². The highest BCUT2D eigenvalue weighted by Gasteiger charge is 2.47. The Balaban J connectivity index is 1.48. The van der Waals surface area contributed by atoms with E-state index in [4.69, 9.17) is 0 Å². The average Bonchev–Trinajstić information content (AvgIpc) is 3.18. The van der Waals surface area contributed by atoms with Crippen LogP contribution in [0.15, 0.2) is 24.4 Å². The molecule has 2 fully saturated rings. The first-order chi connectivity index (χ1) is 12.0. The lowest BCUT2D eigenvalue weighted by molar-refractivity contribution is -0.148. The Hall–Kier alpha value is -2.30. The number of nitrogens with one attached hydrogen (secondary N) is 2. The Morgan fingerprint density at radius 2 is 2.04 bits per heavy atom. The molecule has 2 saturated heterocycles. The van der Waals surface area contributed by atoms with Crippen molar-refractivity contribution >= 4 is 22.7 Å². The first-order valence-corrected chi connectivity index (χ1v) is 9.14. The SMILES string of the molecule is Cc1ccc2c(C3CCN(C(=O)C4(C)CCNC4=O)CC3)c[nH]c2c1. The molecule has 1 atom stereocenters. The summed E-state index contributed by atoms with van der Waals surface area (Å²) in [4.78, 5) is 30.1. The minimum atomic E-state index is -0.870. The van der Waals surface area contributed by atoms with E-state index in [0.717, 1.165) is 25.9 Å². The molecule has 4 rings (SSSR count). The number of aromatic amines is 1. The van der Waals surface area contributed by atoms with Gasteiger partial charge in [0, 0.05) is 36.7 Å². The van der Waals surface area contributed by atoms with E-state index in [2.05, 4.69) is 41.6 Å². The van der Waals surface area contributed by atoms with Gasteiger partial charge in [0.15, 0.2) is 0 Å². The van der Waals surface area contributed by atoms with E-state index in [1.807, 2.05) is 4.90 Å². The average molecular weight is 339 g/mol. The van der Waals surface area contributed by atoms with Crippen LogP contribution in [0.25, 0.3) is 10.9 Å². The van der Waals surface area contributed by atoms with E-state index < -0.39 is 5.41 Å². The topological polar surface area (TPSA) is 65.2 Å². The van der Waals surface area contributed by atoms with E-state index in [0.29, 0.717) is 18.9 Å². The van der Waals surface area contributed by atoms with Gasteiger partial charge in [-0.15, -0.1) is 0 Å². The smallest absolute Gasteiger partial charge is 0.238 e. The third-order valence-electron chi connectivity index (χ3n) is 5.97. The van der Waals surface area contributed by atoms with Gasteiger partial charge in [-0.25, -0.2) is 0 Å². The maximum Gasteiger partial charge on any atom is 0.238 e. The summed E-state index contributed by atoms with van der Waals surface area (Å²) in [6.45, 7) is 5.94. The number of fused-ring (bicyclic) bond motifs is 1. The summed E-state index contributed by atoms with van der Waals surface area (Å²) < 4.78 is 0. The first-order valence-electron chi connectivity index (χ1n) is 9.14. The van der Waals surface area contributed by atoms with E-state index in [1.165, 1.54) is 22.0 Å². The summed E-state index contributed by atoms with van der Waals surface area (Å²) in [7, 11) is 0. The second-order valence-electron chi connectivity index (χ2n) is 7.70. The van der Waals surface area contributed by atoms with Gasteiger partial charge < -0.3 is 15.2 Å². The van der Waals surface area contributed by atoms with Crippen LogP contribution in [0.3, 0.4) is 0 Å². The van der Waals surface area contributed by atoms with Crippen LogP contribution in [-0.2, 0) is 9.59 Å². The fraction of sp³-hybridized carbons (Fsp3) is 0.500. The van der Waals surface area contributed by atoms with Crippen molar-refractivity contribution in [3.05, 3.63) is 35.5 Å². The van der Waals surface area contributed by atoms with Gasteiger partial charge in [-0.05, 0) is 56.2 Å². The lowest BCUT2D eigenvalue weighted by Gasteiger charge is -2.36. The number of aromatic nitrogens is 1. The van der Waals surface area contributed by atoms with E-state index in [1.54, 1.807) is 6.92 Å². The van der Waals surface area contributed by atoms with Gasteiger partial charge >= 0.3 is 0 Å². The lowest BCUT2D eigenvalue weighted by Crippen LogP contribution is -2.48. The van der Waals surface area contributed by atoms with E-state index in [9.17, 15) is 9.59 Å². The molecule has 2 N–H and O–H groups in total. The van der Waals surface area contributed by atoms with Crippen LogP contribution in [0.2, 0.25) is 0 Å². The standard InChI is InChI=1S/C20H25N3O2/c1-13-3-4-15-16(12-22-17(15)11-13)14-5-9-23(10-6-14)19(25)20(2)7-8-21-18(20)24/h3-4,11-12,14,22H,5-10H2,1-2H3,(H,21,24). The molecule has 2 aromatic rings. The quantitative estimate of drug-likeness (QED) is 0.826. The van der Waals surface area contributed by atoms with Crippen LogP contribution in [-0.4, -0.2) is 41.3 Å².